The minimum atomic E-state index is -1.22. The monoisotopic (exact) mass is 217 g/mol. The molecule has 0 aliphatic rings. The third-order valence-corrected chi connectivity index (χ3v) is 2.67. The van der Waals surface area contributed by atoms with Crippen molar-refractivity contribution in [3.63, 3.8) is 0 Å². The maximum Gasteiger partial charge on any atom is 0.0585 e. The topological polar surface area (TPSA) is 81.9 Å². The lowest BCUT2D eigenvalue weighted by atomic mass is 10.0. The first-order valence-corrected chi connectivity index (χ1v) is 5.11. The van der Waals surface area contributed by atoms with Gasteiger partial charge >= 0.3 is 0 Å². The average Bonchev–Trinajstić information content (AvgIpc) is 2.61. The highest BCUT2D eigenvalue weighted by Gasteiger charge is 2.09. The van der Waals surface area contributed by atoms with Crippen molar-refractivity contribution in [2.45, 2.75) is 19.4 Å². The van der Waals surface area contributed by atoms with E-state index in [9.17, 15) is 9.90 Å². The number of rotatable bonds is 3. The van der Waals surface area contributed by atoms with Gasteiger partial charge in [-0.3, -0.25) is 0 Å². The van der Waals surface area contributed by atoms with Gasteiger partial charge in [-0.15, -0.1) is 0 Å². The van der Waals surface area contributed by atoms with Gasteiger partial charge < -0.3 is 20.6 Å². The highest BCUT2D eigenvalue weighted by molar-refractivity contribution is 5.84. The number of fused-ring (bicyclic) bond motifs is 1. The van der Waals surface area contributed by atoms with Crippen LogP contribution in [-0.4, -0.2) is 17.0 Å². The van der Waals surface area contributed by atoms with Crippen LogP contribution in [0, 0.1) is 6.92 Å². The zero-order valence-corrected chi connectivity index (χ0v) is 8.99. The lowest BCUT2D eigenvalue weighted by molar-refractivity contribution is -0.307. The van der Waals surface area contributed by atoms with E-state index in [4.69, 9.17) is 5.73 Å². The molecule has 0 unspecified atom stereocenters. The second-order valence-corrected chi connectivity index (χ2v) is 3.99. The second-order valence-electron chi connectivity index (χ2n) is 3.99. The van der Waals surface area contributed by atoms with E-state index >= 15 is 0 Å². The number of nitrogens with two attached hydrogens (primary N) is 1. The van der Waals surface area contributed by atoms with E-state index in [1.807, 2.05) is 25.1 Å². The number of carbonyl (C=O) groups excluding carboxylic acids is 1. The van der Waals surface area contributed by atoms with E-state index in [1.54, 1.807) is 6.20 Å². The third kappa shape index (κ3) is 1.92. The number of hydrogen-bond acceptors (Lipinski definition) is 3. The number of nitrogens with one attached hydrogen (secondary N) is 1. The Labute approximate surface area is 93.1 Å². The quantitative estimate of drug-likeness (QED) is 0.764. The molecule has 0 amide bonds. The van der Waals surface area contributed by atoms with Crippen molar-refractivity contribution in [2.75, 3.05) is 0 Å². The van der Waals surface area contributed by atoms with E-state index in [-0.39, 0.29) is 6.42 Å². The first-order valence-electron chi connectivity index (χ1n) is 5.11. The fourth-order valence-corrected chi connectivity index (χ4v) is 1.78. The Morgan fingerprint density at radius 1 is 1.56 bits per heavy atom. The van der Waals surface area contributed by atoms with Gasteiger partial charge in [0.1, 0.15) is 0 Å². The molecule has 1 aromatic heterocycles. The Kier molecular flexibility index (Phi) is 2.66. The summed E-state index contributed by atoms with van der Waals surface area (Å²) < 4.78 is 0. The number of aromatic amines is 1. The Bertz CT molecular complexity index is 531. The molecule has 1 atom stereocenters. The summed E-state index contributed by atoms with van der Waals surface area (Å²) in [4.78, 5) is 13.7. The number of benzene rings is 1. The predicted molar refractivity (Wildman–Crippen MR) is 59.7 cm³/mol. The molecule has 0 bridgehead atoms. The number of aromatic nitrogens is 1. The van der Waals surface area contributed by atoms with Crippen LogP contribution in [0.4, 0.5) is 0 Å². The zero-order chi connectivity index (χ0) is 11.7. The molecule has 4 heteroatoms. The molecule has 0 saturated carbocycles. The van der Waals surface area contributed by atoms with Gasteiger partial charge in [0.15, 0.2) is 0 Å². The standard InChI is InChI=1S/C12H14N2O2/c1-7-2-3-11-9(4-7)8(6-14-11)5-10(13)12(15)16/h2-4,6,10,14H,5,13H2,1H3,(H,15,16)/p-1/t10-/m0/s1. The number of H-pyrrole nitrogens is 1. The maximum absolute atomic E-state index is 10.6. The molecule has 4 nitrogen and oxygen atoms in total. The maximum atomic E-state index is 10.6. The van der Waals surface area contributed by atoms with Crippen molar-refractivity contribution < 1.29 is 9.90 Å². The number of hydrogen-bond donors (Lipinski definition) is 2. The van der Waals surface area contributed by atoms with E-state index in [1.165, 1.54) is 0 Å². The number of carbonyl (C=O) groups is 1. The van der Waals surface area contributed by atoms with Crippen LogP contribution in [0.2, 0.25) is 0 Å². The predicted octanol–water partition coefficient (Wildman–Crippen LogP) is 0.0960. The summed E-state index contributed by atoms with van der Waals surface area (Å²) in [6.45, 7) is 1.99. The van der Waals surface area contributed by atoms with E-state index < -0.39 is 12.0 Å². The van der Waals surface area contributed by atoms with Gasteiger partial charge in [0.05, 0.1) is 5.97 Å². The normalized spacial score (nSPS) is 12.9. The minimum absolute atomic E-state index is 0.284. The number of carboxylic acid groups (broad SMARTS) is 1. The molecule has 0 fully saturated rings. The van der Waals surface area contributed by atoms with Gasteiger partial charge in [-0.25, -0.2) is 0 Å². The molecular formula is C12H13N2O2-. The summed E-state index contributed by atoms with van der Waals surface area (Å²) in [6.07, 6.45) is 2.08. The highest BCUT2D eigenvalue weighted by Crippen LogP contribution is 2.20. The van der Waals surface area contributed by atoms with Gasteiger partial charge in [-0.2, -0.15) is 0 Å². The van der Waals surface area contributed by atoms with Crippen molar-refractivity contribution in [1.29, 1.82) is 0 Å². The van der Waals surface area contributed by atoms with Crippen molar-refractivity contribution >= 4 is 16.9 Å². The summed E-state index contributed by atoms with van der Waals surface area (Å²) in [7, 11) is 0. The van der Waals surface area contributed by atoms with Gasteiger partial charge in [-0.1, -0.05) is 11.6 Å². The van der Waals surface area contributed by atoms with E-state index in [0.717, 1.165) is 22.0 Å². The Morgan fingerprint density at radius 3 is 3.00 bits per heavy atom. The molecule has 1 aromatic carbocycles. The molecule has 2 aromatic rings. The second kappa shape index (κ2) is 3.98. The van der Waals surface area contributed by atoms with Crippen molar-refractivity contribution in [3.8, 4) is 0 Å². The Hall–Kier alpha value is -1.81. The summed E-state index contributed by atoms with van der Waals surface area (Å²) >= 11 is 0. The molecule has 2 rings (SSSR count). The van der Waals surface area contributed by atoms with Crippen LogP contribution in [0.5, 0.6) is 0 Å². The van der Waals surface area contributed by atoms with Crippen molar-refractivity contribution in [2.24, 2.45) is 5.73 Å². The zero-order valence-electron chi connectivity index (χ0n) is 8.99. The van der Waals surface area contributed by atoms with Gasteiger partial charge in [0.2, 0.25) is 0 Å². The van der Waals surface area contributed by atoms with Gasteiger partial charge in [-0.05, 0) is 31.0 Å². The van der Waals surface area contributed by atoms with Crippen LogP contribution in [0.1, 0.15) is 11.1 Å². The molecule has 0 aliphatic carbocycles. The van der Waals surface area contributed by atoms with Gasteiger partial charge in [0, 0.05) is 23.1 Å². The fourth-order valence-electron chi connectivity index (χ4n) is 1.78. The molecule has 1 heterocycles. The minimum Gasteiger partial charge on any atom is -0.548 e. The van der Waals surface area contributed by atoms with E-state index in [2.05, 4.69) is 4.98 Å². The highest BCUT2D eigenvalue weighted by atomic mass is 16.4. The fraction of sp³-hybridized carbons (Fsp3) is 0.250. The van der Waals surface area contributed by atoms with Crippen LogP contribution >= 0.6 is 0 Å². The Morgan fingerprint density at radius 2 is 2.31 bits per heavy atom. The molecule has 0 aliphatic heterocycles. The molecule has 0 saturated heterocycles. The van der Waals surface area contributed by atoms with Crippen LogP contribution < -0.4 is 10.8 Å². The number of aryl methyl sites for hydroxylation is 1. The summed E-state index contributed by atoms with van der Waals surface area (Å²) in [6, 6.07) is 5.03. The average molecular weight is 217 g/mol. The summed E-state index contributed by atoms with van der Waals surface area (Å²) in [5.41, 5.74) is 8.50. The van der Waals surface area contributed by atoms with Crippen LogP contribution in [0.15, 0.2) is 24.4 Å². The number of carboxylic acids is 1. The van der Waals surface area contributed by atoms with Crippen LogP contribution in [-0.2, 0) is 11.2 Å². The molecule has 0 radical (unpaired) electrons. The Balaban J connectivity index is 2.37. The molecule has 84 valence electrons. The van der Waals surface area contributed by atoms with Crippen molar-refractivity contribution in [1.82, 2.24) is 4.98 Å². The van der Waals surface area contributed by atoms with E-state index in [0.29, 0.717) is 0 Å². The first-order chi connectivity index (χ1) is 7.58. The lowest BCUT2D eigenvalue weighted by Gasteiger charge is -2.11. The smallest absolute Gasteiger partial charge is 0.0585 e. The molecule has 16 heavy (non-hydrogen) atoms. The largest absolute Gasteiger partial charge is 0.548 e. The molecular weight excluding hydrogens is 204 g/mol. The summed E-state index contributed by atoms with van der Waals surface area (Å²) in [5, 5.41) is 11.6. The first kappa shape index (κ1) is 10.7. The van der Waals surface area contributed by atoms with Crippen molar-refractivity contribution in [3.05, 3.63) is 35.5 Å². The van der Waals surface area contributed by atoms with Gasteiger partial charge in [0.25, 0.3) is 0 Å². The van der Waals surface area contributed by atoms with Crippen LogP contribution in [0.25, 0.3) is 10.9 Å². The van der Waals surface area contributed by atoms with Crippen LogP contribution in [0.3, 0.4) is 0 Å². The number of aliphatic carboxylic acids is 1. The lowest BCUT2D eigenvalue weighted by Crippen LogP contribution is -2.43. The SMILES string of the molecule is Cc1ccc2[nH]cc(C[C@H](N)C(=O)[O-])c2c1. The third-order valence-electron chi connectivity index (χ3n) is 2.67. The summed E-state index contributed by atoms with van der Waals surface area (Å²) in [5.74, 6) is -1.22. The molecule has 3 N–H and O–H groups in total. The molecule has 0 spiro atoms.